The molecule has 2 rings (SSSR count). The smallest absolute Gasteiger partial charge is 0.191 e. The van der Waals surface area contributed by atoms with E-state index in [1.54, 1.807) is 20.4 Å². The number of methoxy groups -OCH3 is 1. The summed E-state index contributed by atoms with van der Waals surface area (Å²) in [5.41, 5.74) is 2.25. The molecule has 0 aliphatic carbocycles. The van der Waals surface area contributed by atoms with E-state index < -0.39 is 0 Å². The van der Waals surface area contributed by atoms with Crippen LogP contribution < -0.4 is 10.6 Å². The lowest BCUT2D eigenvalue weighted by atomic mass is 10.2. The zero-order valence-corrected chi connectivity index (χ0v) is 16.0. The Labute approximate surface area is 156 Å². The molecule has 0 spiro atoms. The largest absolute Gasteiger partial charge is 0.385 e. The molecule has 0 radical (unpaired) electrons. The van der Waals surface area contributed by atoms with Crippen molar-refractivity contribution in [2.75, 3.05) is 47.4 Å². The Morgan fingerprint density at radius 3 is 2.69 bits per heavy atom. The summed E-state index contributed by atoms with van der Waals surface area (Å²) in [6.07, 6.45) is 4.76. The quantitative estimate of drug-likeness (QED) is 0.383. The van der Waals surface area contributed by atoms with Crippen molar-refractivity contribution in [1.82, 2.24) is 25.3 Å². The number of rotatable bonds is 10. The minimum Gasteiger partial charge on any atom is -0.385 e. The predicted octanol–water partition coefficient (Wildman–Crippen LogP) is 1.51. The third-order valence-corrected chi connectivity index (χ3v) is 4.06. The van der Waals surface area contributed by atoms with E-state index in [4.69, 9.17) is 4.74 Å². The fraction of sp³-hybridized carbons (Fsp3) is 0.474. The SMILES string of the molecule is CN=C(NCCN(C)CCCOC)NCc1ccc(-n2cccn2)cc1. The monoisotopic (exact) mass is 358 g/mol. The Balaban J connectivity index is 1.70. The average Bonchev–Trinajstić information content (AvgIpc) is 3.20. The van der Waals surface area contributed by atoms with Gasteiger partial charge in [-0.05, 0) is 37.2 Å². The molecular formula is C19H30N6O. The Morgan fingerprint density at radius 1 is 1.23 bits per heavy atom. The number of aromatic nitrogens is 2. The summed E-state index contributed by atoms with van der Waals surface area (Å²) in [6, 6.07) is 10.2. The van der Waals surface area contributed by atoms with Crippen molar-refractivity contribution in [3.05, 3.63) is 48.3 Å². The summed E-state index contributed by atoms with van der Waals surface area (Å²) in [7, 11) is 5.65. The number of ether oxygens (including phenoxy) is 1. The molecule has 2 N–H and O–H groups in total. The molecule has 26 heavy (non-hydrogen) atoms. The second-order valence-corrected chi connectivity index (χ2v) is 6.12. The minimum atomic E-state index is 0.725. The first-order valence-electron chi connectivity index (χ1n) is 8.94. The predicted molar refractivity (Wildman–Crippen MR) is 106 cm³/mol. The minimum absolute atomic E-state index is 0.725. The molecule has 2 aromatic rings. The summed E-state index contributed by atoms with van der Waals surface area (Å²) in [5.74, 6) is 0.812. The van der Waals surface area contributed by atoms with E-state index in [-0.39, 0.29) is 0 Å². The number of hydrogen-bond acceptors (Lipinski definition) is 4. The van der Waals surface area contributed by atoms with E-state index in [0.29, 0.717) is 0 Å². The van der Waals surface area contributed by atoms with Crippen molar-refractivity contribution in [2.45, 2.75) is 13.0 Å². The normalized spacial score (nSPS) is 11.8. The first-order valence-corrected chi connectivity index (χ1v) is 8.94. The van der Waals surface area contributed by atoms with Crippen LogP contribution in [-0.4, -0.2) is 68.1 Å². The van der Waals surface area contributed by atoms with Gasteiger partial charge in [-0.3, -0.25) is 4.99 Å². The van der Waals surface area contributed by atoms with Gasteiger partial charge in [0, 0.05) is 59.3 Å². The number of nitrogens with one attached hydrogen (secondary N) is 2. The Hall–Kier alpha value is -2.38. The van der Waals surface area contributed by atoms with E-state index in [1.807, 2.05) is 16.9 Å². The molecule has 0 unspecified atom stereocenters. The fourth-order valence-electron chi connectivity index (χ4n) is 2.55. The number of guanidine groups is 1. The van der Waals surface area contributed by atoms with E-state index in [0.717, 1.165) is 50.9 Å². The van der Waals surface area contributed by atoms with Crippen LogP contribution in [0.4, 0.5) is 0 Å². The molecule has 0 atom stereocenters. The summed E-state index contributed by atoms with van der Waals surface area (Å²) >= 11 is 0. The highest BCUT2D eigenvalue weighted by Gasteiger charge is 2.02. The van der Waals surface area contributed by atoms with Crippen LogP contribution in [0.3, 0.4) is 0 Å². The van der Waals surface area contributed by atoms with Crippen molar-refractivity contribution < 1.29 is 4.74 Å². The van der Waals surface area contributed by atoms with Gasteiger partial charge in [0.15, 0.2) is 5.96 Å². The topological polar surface area (TPSA) is 66.7 Å². The zero-order chi connectivity index (χ0) is 18.6. The highest BCUT2D eigenvalue weighted by Crippen LogP contribution is 2.08. The highest BCUT2D eigenvalue weighted by atomic mass is 16.5. The van der Waals surface area contributed by atoms with Gasteiger partial charge in [0.05, 0.1) is 5.69 Å². The van der Waals surface area contributed by atoms with Gasteiger partial charge in [-0.15, -0.1) is 0 Å². The van der Waals surface area contributed by atoms with Crippen molar-refractivity contribution in [2.24, 2.45) is 4.99 Å². The lowest BCUT2D eigenvalue weighted by Gasteiger charge is -2.18. The number of nitrogens with zero attached hydrogens (tertiary/aromatic N) is 4. The van der Waals surface area contributed by atoms with Gasteiger partial charge >= 0.3 is 0 Å². The zero-order valence-electron chi connectivity index (χ0n) is 16.0. The Kier molecular flexibility index (Phi) is 8.65. The van der Waals surface area contributed by atoms with Crippen molar-refractivity contribution in [1.29, 1.82) is 0 Å². The lowest BCUT2D eigenvalue weighted by molar-refractivity contribution is 0.180. The molecule has 142 valence electrons. The Bertz CT molecular complexity index is 639. The average molecular weight is 358 g/mol. The van der Waals surface area contributed by atoms with Crippen LogP contribution in [-0.2, 0) is 11.3 Å². The van der Waals surface area contributed by atoms with Gasteiger partial charge < -0.3 is 20.3 Å². The fourth-order valence-corrected chi connectivity index (χ4v) is 2.55. The third kappa shape index (κ3) is 6.85. The van der Waals surface area contributed by atoms with E-state index in [1.165, 1.54) is 5.56 Å². The van der Waals surface area contributed by atoms with Gasteiger partial charge in [-0.25, -0.2) is 4.68 Å². The molecule has 0 amide bonds. The lowest BCUT2D eigenvalue weighted by Crippen LogP contribution is -2.40. The molecule has 1 heterocycles. The summed E-state index contributed by atoms with van der Waals surface area (Å²) < 4.78 is 6.93. The van der Waals surface area contributed by atoms with Gasteiger partial charge in [-0.2, -0.15) is 5.10 Å². The summed E-state index contributed by atoms with van der Waals surface area (Å²) in [5, 5.41) is 10.9. The summed E-state index contributed by atoms with van der Waals surface area (Å²) in [4.78, 5) is 6.56. The molecule has 7 heteroatoms. The van der Waals surface area contributed by atoms with Crippen LogP contribution >= 0.6 is 0 Å². The standard InChI is InChI=1S/C19H30N6O/c1-20-19(21-11-14-24(2)12-5-15-26-3)22-16-17-6-8-18(9-7-17)25-13-4-10-23-25/h4,6-10,13H,5,11-12,14-16H2,1-3H3,(H2,20,21,22). The van der Waals surface area contributed by atoms with Crippen LogP contribution in [0, 0.1) is 0 Å². The van der Waals surface area contributed by atoms with E-state index in [9.17, 15) is 0 Å². The molecule has 0 aliphatic rings. The highest BCUT2D eigenvalue weighted by molar-refractivity contribution is 5.79. The molecular weight excluding hydrogens is 328 g/mol. The van der Waals surface area contributed by atoms with Crippen LogP contribution in [0.5, 0.6) is 0 Å². The van der Waals surface area contributed by atoms with Crippen LogP contribution in [0.25, 0.3) is 5.69 Å². The molecule has 1 aromatic heterocycles. The van der Waals surface area contributed by atoms with Crippen molar-refractivity contribution in [3.63, 3.8) is 0 Å². The first-order chi connectivity index (χ1) is 12.7. The molecule has 0 saturated heterocycles. The number of aliphatic imine (C=N–C) groups is 1. The first kappa shape index (κ1) is 19.9. The maximum absolute atomic E-state index is 5.08. The van der Waals surface area contributed by atoms with Gasteiger partial charge in [0.25, 0.3) is 0 Å². The van der Waals surface area contributed by atoms with E-state index in [2.05, 4.69) is 56.9 Å². The molecule has 0 fully saturated rings. The number of hydrogen-bond donors (Lipinski definition) is 2. The summed E-state index contributed by atoms with van der Waals surface area (Å²) in [6.45, 7) is 4.37. The van der Waals surface area contributed by atoms with Gasteiger partial charge in [0.1, 0.15) is 0 Å². The van der Waals surface area contributed by atoms with Crippen LogP contribution in [0.2, 0.25) is 0 Å². The maximum atomic E-state index is 5.08. The molecule has 0 aliphatic heterocycles. The molecule has 0 bridgehead atoms. The van der Waals surface area contributed by atoms with Crippen molar-refractivity contribution >= 4 is 5.96 Å². The van der Waals surface area contributed by atoms with E-state index >= 15 is 0 Å². The second kappa shape index (κ2) is 11.3. The molecule has 1 aromatic carbocycles. The van der Waals surface area contributed by atoms with Crippen molar-refractivity contribution in [3.8, 4) is 5.69 Å². The van der Waals surface area contributed by atoms with Gasteiger partial charge in [0.2, 0.25) is 0 Å². The third-order valence-electron chi connectivity index (χ3n) is 4.06. The molecule has 0 saturated carbocycles. The second-order valence-electron chi connectivity index (χ2n) is 6.12. The number of benzene rings is 1. The molecule has 7 nitrogen and oxygen atoms in total. The van der Waals surface area contributed by atoms with Crippen LogP contribution in [0.1, 0.15) is 12.0 Å². The number of likely N-dealkylation sites (N-methyl/N-ethyl adjacent to an activating group) is 1. The van der Waals surface area contributed by atoms with Crippen LogP contribution in [0.15, 0.2) is 47.7 Å². The Morgan fingerprint density at radius 2 is 2.04 bits per heavy atom. The maximum Gasteiger partial charge on any atom is 0.191 e. The van der Waals surface area contributed by atoms with Gasteiger partial charge in [-0.1, -0.05) is 12.1 Å².